The van der Waals surface area contributed by atoms with Gasteiger partial charge < -0.3 is 21.1 Å². The molecule has 1 saturated heterocycles. The molecule has 5 N–H and O–H groups in total. The first-order valence-electron chi connectivity index (χ1n) is 8.18. The molecule has 1 aromatic heterocycles. The molecule has 9 nitrogen and oxygen atoms in total. The Kier molecular flexibility index (Phi) is 6.70. The fraction of sp³-hybridized carbons (Fsp3) is 0.500. The molecule has 0 aromatic carbocycles. The highest BCUT2D eigenvalue weighted by Gasteiger charge is 2.34. The molecule has 0 radical (unpaired) electrons. The zero-order valence-electron chi connectivity index (χ0n) is 14.5. The maximum Gasteiger partial charge on any atom is 0.317 e. The summed E-state index contributed by atoms with van der Waals surface area (Å²) in [5, 5.41) is 19.0. The Morgan fingerprint density at radius 2 is 2.15 bits per heavy atom. The number of thiophene rings is 1. The lowest BCUT2D eigenvalue weighted by molar-refractivity contribution is -0.141. The van der Waals surface area contributed by atoms with Crippen molar-refractivity contribution in [2.24, 2.45) is 5.73 Å². The first kappa shape index (κ1) is 19.9. The Morgan fingerprint density at radius 1 is 1.42 bits per heavy atom. The number of likely N-dealkylation sites (tertiary alicyclic amines) is 1. The molecule has 1 atom stereocenters. The van der Waals surface area contributed by atoms with E-state index in [1.54, 1.807) is 19.2 Å². The van der Waals surface area contributed by atoms with Gasteiger partial charge in [-0.1, -0.05) is 0 Å². The summed E-state index contributed by atoms with van der Waals surface area (Å²) in [6, 6.07) is 3.01. The molecule has 142 valence electrons. The van der Waals surface area contributed by atoms with E-state index < -0.39 is 12.0 Å². The van der Waals surface area contributed by atoms with Crippen molar-refractivity contribution in [3.8, 4) is 0 Å². The van der Waals surface area contributed by atoms with Gasteiger partial charge in [0.05, 0.1) is 24.5 Å². The summed E-state index contributed by atoms with van der Waals surface area (Å²) in [6.45, 7) is 0.538. The lowest BCUT2D eigenvalue weighted by atomic mass is 10.2. The number of carbonyl (C=O) groups excluding carboxylic acids is 2. The minimum absolute atomic E-state index is 0.00868. The van der Waals surface area contributed by atoms with Crippen LogP contribution in [0.4, 0.5) is 0 Å². The van der Waals surface area contributed by atoms with Crippen LogP contribution in [0.25, 0.3) is 0 Å². The third-order valence-corrected chi connectivity index (χ3v) is 5.17. The number of amides is 2. The van der Waals surface area contributed by atoms with Crippen LogP contribution in [0, 0.1) is 5.41 Å². The van der Waals surface area contributed by atoms with E-state index in [-0.39, 0.29) is 30.7 Å². The van der Waals surface area contributed by atoms with Gasteiger partial charge >= 0.3 is 5.97 Å². The van der Waals surface area contributed by atoms with Crippen LogP contribution in [-0.2, 0) is 20.9 Å². The van der Waals surface area contributed by atoms with Crippen molar-refractivity contribution >= 4 is 35.0 Å². The molecule has 1 unspecified atom stereocenters. The zero-order chi connectivity index (χ0) is 19.3. The molecule has 1 aliphatic rings. The van der Waals surface area contributed by atoms with E-state index in [2.05, 4.69) is 5.32 Å². The summed E-state index contributed by atoms with van der Waals surface area (Å²) in [5.41, 5.74) is 5.43. The van der Waals surface area contributed by atoms with E-state index >= 15 is 0 Å². The van der Waals surface area contributed by atoms with Crippen molar-refractivity contribution in [3.63, 3.8) is 0 Å². The number of carbonyl (C=O) groups is 3. The number of aliphatic carboxylic acids is 1. The van der Waals surface area contributed by atoms with E-state index in [1.807, 2.05) is 0 Å². The van der Waals surface area contributed by atoms with E-state index in [0.29, 0.717) is 24.4 Å². The summed E-state index contributed by atoms with van der Waals surface area (Å²) in [5.74, 6) is -1.49. The van der Waals surface area contributed by atoms with Gasteiger partial charge in [0.1, 0.15) is 11.9 Å². The quantitative estimate of drug-likeness (QED) is 0.359. The molecule has 0 saturated carbocycles. The van der Waals surface area contributed by atoms with Crippen molar-refractivity contribution in [3.05, 3.63) is 21.9 Å². The number of rotatable bonds is 8. The molecular formula is C16H23N5O4S. The summed E-state index contributed by atoms with van der Waals surface area (Å²) < 4.78 is 0. The van der Waals surface area contributed by atoms with Crippen LogP contribution in [0.3, 0.4) is 0 Å². The molecule has 26 heavy (non-hydrogen) atoms. The summed E-state index contributed by atoms with van der Waals surface area (Å²) >= 11 is 1.34. The minimum atomic E-state index is -1.00. The number of amidine groups is 1. The Labute approximate surface area is 155 Å². The van der Waals surface area contributed by atoms with Gasteiger partial charge in [-0.05, 0) is 32.0 Å². The van der Waals surface area contributed by atoms with Gasteiger partial charge in [-0.3, -0.25) is 24.7 Å². The maximum atomic E-state index is 12.5. The van der Waals surface area contributed by atoms with Gasteiger partial charge in [0.2, 0.25) is 11.8 Å². The second kappa shape index (κ2) is 8.77. The number of nitrogens with two attached hydrogens (primary N) is 1. The van der Waals surface area contributed by atoms with E-state index in [0.717, 1.165) is 11.3 Å². The molecule has 1 fully saturated rings. The molecular weight excluding hydrogens is 358 g/mol. The van der Waals surface area contributed by atoms with Crippen LogP contribution in [-0.4, -0.2) is 71.2 Å². The first-order chi connectivity index (χ1) is 12.3. The minimum Gasteiger partial charge on any atom is -0.480 e. The number of carboxylic acids is 1. The summed E-state index contributed by atoms with van der Waals surface area (Å²) in [7, 11) is 1.56. The Hall–Kier alpha value is -2.46. The van der Waals surface area contributed by atoms with Gasteiger partial charge in [0, 0.05) is 11.4 Å². The van der Waals surface area contributed by atoms with E-state index in [9.17, 15) is 14.4 Å². The number of hydrogen-bond donors (Lipinski definition) is 4. The SMILES string of the molecule is CN(CC(=O)O)CC(=O)N1CCCC1C(=O)NCc1ccc(C(=N)N)s1. The van der Waals surface area contributed by atoms with Gasteiger partial charge in [0.15, 0.2) is 0 Å². The smallest absolute Gasteiger partial charge is 0.317 e. The van der Waals surface area contributed by atoms with Crippen molar-refractivity contribution in [1.29, 1.82) is 5.41 Å². The van der Waals surface area contributed by atoms with Gasteiger partial charge in [-0.2, -0.15) is 0 Å². The van der Waals surface area contributed by atoms with Crippen molar-refractivity contribution in [2.75, 3.05) is 26.7 Å². The highest BCUT2D eigenvalue weighted by molar-refractivity contribution is 7.14. The van der Waals surface area contributed by atoms with E-state index in [1.165, 1.54) is 21.1 Å². The Balaban J connectivity index is 1.89. The second-order valence-electron chi connectivity index (χ2n) is 6.21. The second-order valence-corrected chi connectivity index (χ2v) is 7.38. The number of nitrogens with zero attached hydrogens (tertiary/aromatic N) is 2. The monoisotopic (exact) mass is 381 g/mol. The molecule has 1 aromatic rings. The van der Waals surface area contributed by atoms with Crippen molar-refractivity contribution < 1.29 is 19.5 Å². The predicted octanol–water partition coefficient (Wildman–Crippen LogP) is -0.344. The molecule has 2 amide bonds. The fourth-order valence-corrected chi connectivity index (χ4v) is 3.66. The third-order valence-electron chi connectivity index (χ3n) is 4.05. The average molecular weight is 381 g/mol. The zero-order valence-corrected chi connectivity index (χ0v) is 15.3. The number of carboxylic acid groups (broad SMARTS) is 1. The number of likely N-dealkylation sites (N-methyl/N-ethyl adjacent to an activating group) is 1. The average Bonchev–Trinajstić information content (AvgIpc) is 3.21. The highest BCUT2D eigenvalue weighted by Crippen LogP contribution is 2.19. The summed E-state index contributed by atoms with van der Waals surface area (Å²) in [6.07, 6.45) is 1.32. The van der Waals surface area contributed by atoms with E-state index in [4.69, 9.17) is 16.2 Å². The standard InChI is InChI=1S/C16H23N5O4S/c1-20(9-14(23)24)8-13(22)21-6-2-3-11(21)16(25)19-7-10-4-5-12(26-10)15(17)18/h4-5,11H,2-3,6-9H2,1H3,(H3,17,18)(H,19,25)(H,23,24). The molecule has 10 heteroatoms. The van der Waals surface area contributed by atoms with Crippen LogP contribution in [0.15, 0.2) is 12.1 Å². The van der Waals surface area contributed by atoms with Crippen LogP contribution in [0.5, 0.6) is 0 Å². The van der Waals surface area contributed by atoms with Gasteiger partial charge in [0.25, 0.3) is 0 Å². The van der Waals surface area contributed by atoms with Crippen LogP contribution < -0.4 is 11.1 Å². The fourth-order valence-electron chi connectivity index (χ4n) is 2.86. The normalized spacial score (nSPS) is 16.7. The van der Waals surface area contributed by atoms with Gasteiger partial charge in [-0.25, -0.2) is 0 Å². The Bertz CT molecular complexity index is 705. The lowest BCUT2D eigenvalue weighted by Crippen LogP contribution is -2.48. The third kappa shape index (κ3) is 5.27. The molecule has 0 bridgehead atoms. The largest absolute Gasteiger partial charge is 0.480 e. The topological polar surface area (TPSA) is 140 Å². The maximum absolute atomic E-state index is 12.5. The molecule has 0 spiro atoms. The molecule has 0 aliphatic carbocycles. The number of nitrogen functional groups attached to an aromatic ring is 1. The summed E-state index contributed by atoms with van der Waals surface area (Å²) in [4.78, 5) is 40.0. The molecule has 2 heterocycles. The number of nitrogens with one attached hydrogen (secondary N) is 2. The van der Waals surface area contributed by atoms with Crippen LogP contribution in [0.2, 0.25) is 0 Å². The lowest BCUT2D eigenvalue weighted by Gasteiger charge is -2.26. The molecule has 2 rings (SSSR count). The number of hydrogen-bond acceptors (Lipinski definition) is 6. The first-order valence-corrected chi connectivity index (χ1v) is 9.00. The predicted molar refractivity (Wildman–Crippen MR) is 97.0 cm³/mol. The van der Waals surface area contributed by atoms with Crippen molar-refractivity contribution in [1.82, 2.24) is 15.1 Å². The molecule has 1 aliphatic heterocycles. The van der Waals surface area contributed by atoms with Crippen molar-refractivity contribution in [2.45, 2.75) is 25.4 Å². The highest BCUT2D eigenvalue weighted by atomic mass is 32.1. The van der Waals surface area contributed by atoms with Crippen LogP contribution in [0.1, 0.15) is 22.6 Å². The van der Waals surface area contributed by atoms with Crippen LogP contribution >= 0.6 is 11.3 Å². The van der Waals surface area contributed by atoms with Gasteiger partial charge in [-0.15, -0.1) is 11.3 Å². The Morgan fingerprint density at radius 3 is 2.77 bits per heavy atom.